The first-order valence-electron chi connectivity index (χ1n) is 6.46. The quantitative estimate of drug-likeness (QED) is 0.786. The second kappa shape index (κ2) is 5.27. The lowest BCUT2D eigenvalue weighted by molar-refractivity contribution is -0.130. The van der Waals surface area contributed by atoms with Crippen LogP contribution in [0, 0.1) is 0 Å². The normalized spacial score (nSPS) is 23.8. The Morgan fingerprint density at radius 1 is 1.32 bits per heavy atom. The molecule has 3 rings (SSSR count). The van der Waals surface area contributed by atoms with Gasteiger partial charge in [-0.1, -0.05) is 23.2 Å². The molecule has 1 unspecified atom stereocenters. The van der Waals surface area contributed by atoms with E-state index in [1.165, 1.54) is 0 Å². The van der Waals surface area contributed by atoms with E-state index in [1.54, 1.807) is 12.1 Å². The number of piperazine rings is 1. The second-order valence-electron chi connectivity index (χ2n) is 5.08. The highest BCUT2D eigenvalue weighted by Crippen LogP contribution is 2.25. The highest BCUT2D eigenvalue weighted by molar-refractivity contribution is 6.32. The van der Waals surface area contributed by atoms with Crippen LogP contribution >= 0.6 is 23.2 Å². The second-order valence-corrected chi connectivity index (χ2v) is 5.87. The van der Waals surface area contributed by atoms with Crippen LogP contribution in [0.5, 0.6) is 0 Å². The molecule has 19 heavy (non-hydrogen) atoms. The van der Waals surface area contributed by atoms with E-state index in [4.69, 9.17) is 23.2 Å². The van der Waals surface area contributed by atoms with E-state index in [9.17, 15) is 4.79 Å². The van der Waals surface area contributed by atoms with Gasteiger partial charge in [0, 0.05) is 38.6 Å². The largest absolute Gasteiger partial charge is 0.337 e. The number of carbonyl (C=O) groups excluding carboxylic acids is 1. The molecule has 1 aromatic heterocycles. The number of fused-ring (bicyclic) bond motifs is 1. The fourth-order valence-corrected chi connectivity index (χ4v) is 3.18. The van der Waals surface area contributed by atoms with Crippen LogP contribution in [-0.2, 0) is 11.3 Å². The molecule has 0 N–H and O–H groups in total. The van der Waals surface area contributed by atoms with Crippen molar-refractivity contribution in [1.29, 1.82) is 0 Å². The van der Waals surface area contributed by atoms with Gasteiger partial charge in [-0.3, -0.25) is 9.69 Å². The molecule has 0 aliphatic carbocycles. The van der Waals surface area contributed by atoms with Crippen LogP contribution in [0.3, 0.4) is 0 Å². The number of amides is 1. The minimum atomic E-state index is 0.295. The van der Waals surface area contributed by atoms with Crippen molar-refractivity contribution in [1.82, 2.24) is 14.8 Å². The van der Waals surface area contributed by atoms with Crippen LogP contribution in [0.15, 0.2) is 12.1 Å². The van der Waals surface area contributed by atoms with Crippen LogP contribution < -0.4 is 0 Å². The van der Waals surface area contributed by atoms with Gasteiger partial charge in [0.1, 0.15) is 5.15 Å². The highest BCUT2D eigenvalue weighted by Gasteiger charge is 2.35. The Labute approximate surface area is 122 Å². The third kappa shape index (κ3) is 2.71. The molecule has 2 saturated heterocycles. The van der Waals surface area contributed by atoms with Gasteiger partial charge in [0.25, 0.3) is 0 Å². The van der Waals surface area contributed by atoms with Gasteiger partial charge >= 0.3 is 0 Å². The first-order chi connectivity index (χ1) is 9.13. The number of hydrogen-bond donors (Lipinski definition) is 0. The van der Waals surface area contributed by atoms with Crippen molar-refractivity contribution in [3.63, 3.8) is 0 Å². The number of nitrogens with zero attached hydrogens (tertiary/aromatic N) is 3. The van der Waals surface area contributed by atoms with E-state index in [1.807, 2.05) is 4.90 Å². The Morgan fingerprint density at radius 3 is 3.00 bits per heavy atom. The van der Waals surface area contributed by atoms with Gasteiger partial charge in [0.15, 0.2) is 0 Å². The van der Waals surface area contributed by atoms with E-state index in [0.717, 1.165) is 31.7 Å². The fraction of sp³-hybridized carbons (Fsp3) is 0.538. The van der Waals surface area contributed by atoms with Gasteiger partial charge in [0.2, 0.25) is 5.91 Å². The summed E-state index contributed by atoms with van der Waals surface area (Å²) in [5, 5.41) is 1.11. The van der Waals surface area contributed by atoms with Gasteiger partial charge in [0.05, 0.1) is 10.7 Å². The lowest BCUT2D eigenvalue weighted by atomic mass is 10.1. The summed E-state index contributed by atoms with van der Waals surface area (Å²) in [6, 6.07) is 3.84. The molecule has 6 heteroatoms. The number of carbonyl (C=O) groups is 1. The Balaban J connectivity index is 1.68. The highest BCUT2D eigenvalue weighted by atomic mass is 35.5. The summed E-state index contributed by atoms with van der Waals surface area (Å²) in [6.07, 6.45) is 1.65. The van der Waals surface area contributed by atoms with Crippen molar-refractivity contribution in [2.75, 3.05) is 19.6 Å². The van der Waals surface area contributed by atoms with Crippen LogP contribution in [-0.4, -0.2) is 46.4 Å². The van der Waals surface area contributed by atoms with Gasteiger partial charge in [-0.2, -0.15) is 0 Å². The summed E-state index contributed by atoms with van der Waals surface area (Å²) in [4.78, 5) is 20.2. The van der Waals surface area contributed by atoms with Gasteiger partial charge in [-0.25, -0.2) is 4.98 Å². The topological polar surface area (TPSA) is 36.4 Å². The monoisotopic (exact) mass is 299 g/mol. The first-order valence-corrected chi connectivity index (χ1v) is 7.22. The summed E-state index contributed by atoms with van der Waals surface area (Å²) in [5.74, 6) is 0.295. The first kappa shape index (κ1) is 13.2. The molecule has 0 bridgehead atoms. The van der Waals surface area contributed by atoms with Crippen LogP contribution in [0.1, 0.15) is 18.5 Å². The van der Waals surface area contributed by atoms with E-state index >= 15 is 0 Å². The molecule has 2 aliphatic heterocycles. The molecule has 0 spiro atoms. The molecule has 0 radical (unpaired) electrons. The Bertz CT molecular complexity index is 509. The Morgan fingerprint density at radius 2 is 2.16 bits per heavy atom. The number of halogens is 2. The van der Waals surface area contributed by atoms with E-state index in [-0.39, 0.29) is 0 Å². The van der Waals surface area contributed by atoms with Crippen LogP contribution in [0.4, 0.5) is 0 Å². The van der Waals surface area contributed by atoms with Crippen molar-refractivity contribution in [3.8, 4) is 0 Å². The van der Waals surface area contributed by atoms with E-state index in [2.05, 4.69) is 9.88 Å². The fourth-order valence-electron chi connectivity index (χ4n) is 2.85. The predicted molar refractivity (Wildman–Crippen MR) is 74.3 cm³/mol. The molecule has 2 fully saturated rings. The molecule has 0 saturated carbocycles. The van der Waals surface area contributed by atoms with E-state index in [0.29, 0.717) is 35.1 Å². The molecule has 102 valence electrons. The molecule has 2 aliphatic rings. The average Bonchev–Trinajstić information content (AvgIpc) is 2.75. The van der Waals surface area contributed by atoms with Gasteiger partial charge < -0.3 is 4.90 Å². The zero-order valence-electron chi connectivity index (χ0n) is 10.5. The maximum atomic E-state index is 11.6. The molecular weight excluding hydrogens is 285 g/mol. The van der Waals surface area contributed by atoms with Crippen molar-refractivity contribution in [3.05, 3.63) is 28.0 Å². The molecule has 0 aromatic carbocycles. The third-order valence-corrected chi connectivity index (χ3v) is 4.39. The zero-order valence-corrected chi connectivity index (χ0v) is 12.0. The SMILES string of the molecule is O=C1CCC2CN(Cc3nc(Cl)ccc3Cl)CCN12. The molecule has 1 aromatic rings. The average molecular weight is 300 g/mol. The number of aromatic nitrogens is 1. The maximum absolute atomic E-state index is 11.6. The van der Waals surface area contributed by atoms with Gasteiger partial charge in [-0.05, 0) is 18.6 Å². The number of rotatable bonds is 2. The van der Waals surface area contributed by atoms with Crippen LogP contribution in [0.2, 0.25) is 10.2 Å². The third-order valence-electron chi connectivity index (χ3n) is 3.84. The lowest BCUT2D eigenvalue weighted by Gasteiger charge is -2.37. The molecule has 4 nitrogen and oxygen atoms in total. The summed E-state index contributed by atoms with van der Waals surface area (Å²) in [5.41, 5.74) is 0.812. The summed E-state index contributed by atoms with van der Waals surface area (Å²) in [6.45, 7) is 3.27. The van der Waals surface area contributed by atoms with Crippen molar-refractivity contribution >= 4 is 29.1 Å². The molecule has 3 heterocycles. The van der Waals surface area contributed by atoms with Gasteiger partial charge in [-0.15, -0.1) is 0 Å². The van der Waals surface area contributed by atoms with Crippen molar-refractivity contribution in [2.24, 2.45) is 0 Å². The summed E-state index contributed by atoms with van der Waals surface area (Å²) in [7, 11) is 0. The minimum Gasteiger partial charge on any atom is -0.337 e. The van der Waals surface area contributed by atoms with E-state index < -0.39 is 0 Å². The molecular formula is C13H15Cl2N3O. The smallest absolute Gasteiger partial charge is 0.222 e. The molecule has 1 amide bonds. The standard InChI is InChI=1S/C13H15Cl2N3O/c14-10-2-3-12(15)16-11(10)8-17-5-6-18-9(7-17)1-4-13(18)19/h2-3,9H,1,4-8H2. The predicted octanol–water partition coefficient (Wildman–Crippen LogP) is 2.20. The Kier molecular flexibility index (Phi) is 3.65. The summed E-state index contributed by atoms with van der Waals surface area (Å²) < 4.78 is 0. The Hall–Kier alpha value is -0.840. The maximum Gasteiger partial charge on any atom is 0.222 e. The molecule has 1 atom stereocenters. The van der Waals surface area contributed by atoms with Crippen LogP contribution in [0.25, 0.3) is 0 Å². The number of pyridine rings is 1. The van der Waals surface area contributed by atoms with Crippen molar-refractivity contribution in [2.45, 2.75) is 25.4 Å². The zero-order chi connectivity index (χ0) is 13.4. The summed E-state index contributed by atoms with van der Waals surface area (Å²) >= 11 is 12.0. The van der Waals surface area contributed by atoms with Crippen molar-refractivity contribution < 1.29 is 4.79 Å². The minimum absolute atomic E-state index is 0.295. The lowest BCUT2D eigenvalue weighted by Crippen LogP contribution is -2.51. The number of hydrogen-bond acceptors (Lipinski definition) is 3.